The topological polar surface area (TPSA) is 147 Å². The summed E-state index contributed by atoms with van der Waals surface area (Å²) >= 11 is 0. The summed E-state index contributed by atoms with van der Waals surface area (Å²) in [5.74, 6) is -0.435. The highest BCUT2D eigenvalue weighted by atomic mass is 16.5. The Labute approximate surface area is 151 Å². The Kier molecular flexibility index (Phi) is 9.35. The van der Waals surface area contributed by atoms with Gasteiger partial charge in [0.1, 0.15) is 12.2 Å². The fourth-order valence-corrected chi connectivity index (χ4v) is 2.58. The lowest BCUT2D eigenvalue weighted by Crippen LogP contribution is -2.43. The number of carbonyl (C=O) groups excluding carboxylic acids is 1. The molecule has 26 heavy (non-hydrogen) atoms. The maximum atomic E-state index is 12.3. The number of amides is 1. The summed E-state index contributed by atoms with van der Waals surface area (Å²) in [7, 11) is 1.24. The van der Waals surface area contributed by atoms with Crippen molar-refractivity contribution in [2.45, 2.75) is 58.0 Å². The number of rotatable bonds is 11. The summed E-state index contributed by atoms with van der Waals surface area (Å²) < 4.78 is 5.36. The smallest absolute Gasteiger partial charge is 0.368 e. The molecule has 0 aliphatic carbocycles. The van der Waals surface area contributed by atoms with Crippen LogP contribution in [-0.2, 0) is 9.53 Å². The van der Waals surface area contributed by atoms with Gasteiger partial charge in [-0.2, -0.15) is 14.8 Å². The molecule has 10 heteroatoms. The monoisotopic (exact) mass is 372 g/mol. The van der Waals surface area contributed by atoms with Crippen molar-refractivity contribution in [2.75, 3.05) is 19.0 Å². The summed E-state index contributed by atoms with van der Waals surface area (Å²) in [6.07, 6.45) is -0.140. The number of methoxy groups -OCH3 is 1. The van der Waals surface area contributed by atoms with Gasteiger partial charge >= 0.3 is 5.69 Å². The zero-order chi connectivity index (χ0) is 19.7. The first-order chi connectivity index (χ1) is 12.4. The molecule has 148 valence electrons. The van der Waals surface area contributed by atoms with Gasteiger partial charge in [0.15, 0.2) is 12.0 Å². The van der Waals surface area contributed by atoms with Crippen LogP contribution in [0.3, 0.4) is 0 Å². The Bertz CT molecular complexity index is 613. The highest BCUT2D eigenvalue weighted by molar-refractivity contribution is 5.91. The lowest BCUT2D eigenvalue weighted by atomic mass is 9.97. The van der Waals surface area contributed by atoms with Gasteiger partial charge in [-0.15, -0.1) is 0 Å². The van der Waals surface area contributed by atoms with E-state index >= 15 is 0 Å². The van der Waals surface area contributed by atoms with E-state index in [1.165, 1.54) is 7.11 Å². The molecule has 0 spiro atoms. The van der Waals surface area contributed by atoms with Gasteiger partial charge in [0.2, 0.25) is 5.91 Å². The van der Waals surface area contributed by atoms with Gasteiger partial charge in [-0.05, 0) is 12.8 Å². The molecule has 10 nitrogen and oxygen atoms in total. The molecule has 0 aliphatic heterocycles. The number of aliphatic hydroxyl groups is 3. The van der Waals surface area contributed by atoms with Crippen LogP contribution in [-0.4, -0.2) is 61.9 Å². The first-order valence-electron chi connectivity index (χ1n) is 8.66. The maximum absolute atomic E-state index is 12.3. The summed E-state index contributed by atoms with van der Waals surface area (Å²) in [4.78, 5) is 28.0. The average molecular weight is 372 g/mol. The van der Waals surface area contributed by atoms with E-state index in [9.17, 15) is 19.8 Å². The molecular formula is C16H28N4O6. The van der Waals surface area contributed by atoms with E-state index in [-0.39, 0.29) is 17.6 Å². The molecule has 0 saturated carbocycles. The van der Waals surface area contributed by atoms with E-state index in [2.05, 4.69) is 15.4 Å². The normalized spacial score (nSPS) is 14.9. The minimum atomic E-state index is -1.76. The van der Waals surface area contributed by atoms with Crippen molar-refractivity contribution < 1.29 is 24.9 Å². The lowest BCUT2D eigenvalue weighted by molar-refractivity contribution is -0.122. The second-order valence-corrected chi connectivity index (χ2v) is 5.99. The second-order valence-electron chi connectivity index (χ2n) is 5.99. The van der Waals surface area contributed by atoms with Crippen molar-refractivity contribution in [3.63, 3.8) is 0 Å². The molecule has 3 atom stereocenters. The highest BCUT2D eigenvalue weighted by Crippen LogP contribution is 2.16. The largest absolute Gasteiger partial charge is 0.394 e. The van der Waals surface area contributed by atoms with Crippen molar-refractivity contribution in [1.29, 1.82) is 0 Å². The average Bonchev–Trinajstić information content (AvgIpc) is 2.62. The van der Waals surface area contributed by atoms with E-state index in [1.54, 1.807) is 0 Å². The maximum Gasteiger partial charge on any atom is 0.368 e. The predicted octanol–water partition coefficient (Wildman–Crippen LogP) is -0.348. The van der Waals surface area contributed by atoms with Gasteiger partial charge in [0, 0.05) is 13.0 Å². The molecule has 0 bridgehead atoms. The fourth-order valence-electron chi connectivity index (χ4n) is 2.58. The highest BCUT2D eigenvalue weighted by Gasteiger charge is 2.29. The zero-order valence-electron chi connectivity index (χ0n) is 15.3. The van der Waals surface area contributed by atoms with Gasteiger partial charge in [0.05, 0.1) is 12.8 Å². The first kappa shape index (κ1) is 22.2. The third-order valence-corrected chi connectivity index (χ3v) is 4.03. The summed E-state index contributed by atoms with van der Waals surface area (Å²) in [6.45, 7) is 3.42. The van der Waals surface area contributed by atoms with Crippen LogP contribution >= 0.6 is 0 Å². The number of aliphatic hydroxyl groups excluding tert-OH is 3. The number of aromatic nitrogens is 3. The SMILES string of the molecule is CCCC(CCC)C(=O)Nc1cnn(C(O)C(O)C(CO)OC)c(=O)n1. The summed E-state index contributed by atoms with van der Waals surface area (Å²) in [5, 5.41) is 35.3. The Morgan fingerprint density at radius 1 is 1.31 bits per heavy atom. The summed E-state index contributed by atoms with van der Waals surface area (Å²) in [5.41, 5.74) is -0.954. The van der Waals surface area contributed by atoms with E-state index in [1.807, 2.05) is 13.8 Å². The Hall–Kier alpha value is -1.88. The molecule has 0 aliphatic rings. The third-order valence-electron chi connectivity index (χ3n) is 4.03. The molecule has 1 aromatic heterocycles. The van der Waals surface area contributed by atoms with E-state index < -0.39 is 30.7 Å². The van der Waals surface area contributed by atoms with Crippen molar-refractivity contribution in [1.82, 2.24) is 14.8 Å². The van der Waals surface area contributed by atoms with Gasteiger partial charge in [-0.25, -0.2) is 4.79 Å². The second kappa shape index (κ2) is 11.0. The molecule has 0 saturated heterocycles. The van der Waals surface area contributed by atoms with Gasteiger partial charge in [0.25, 0.3) is 0 Å². The van der Waals surface area contributed by atoms with Crippen molar-refractivity contribution in [3.05, 3.63) is 16.7 Å². The van der Waals surface area contributed by atoms with Crippen LogP contribution in [0.25, 0.3) is 0 Å². The van der Waals surface area contributed by atoms with Crippen molar-refractivity contribution in [3.8, 4) is 0 Å². The summed E-state index contributed by atoms with van der Waals surface area (Å²) in [6, 6.07) is 0. The number of carbonyl (C=O) groups is 1. The number of ether oxygens (including phenoxy) is 1. The zero-order valence-corrected chi connectivity index (χ0v) is 15.3. The van der Waals surface area contributed by atoms with Crippen LogP contribution in [0.2, 0.25) is 0 Å². The quantitative estimate of drug-likeness (QED) is 0.412. The molecule has 0 fully saturated rings. The number of hydrogen-bond donors (Lipinski definition) is 4. The van der Waals surface area contributed by atoms with Crippen LogP contribution in [0.1, 0.15) is 45.8 Å². The molecule has 4 N–H and O–H groups in total. The van der Waals surface area contributed by atoms with Crippen LogP contribution in [0, 0.1) is 5.92 Å². The molecule has 3 unspecified atom stereocenters. The van der Waals surface area contributed by atoms with E-state index in [4.69, 9.17) is 9.84 Å². The molecular weight excluding hydrogens is 344 g/mol. The predicted molar refractivity (Wildman–Crippen MR) is 93.4 cm³/mol. The van der Waals surface area contributed by atoms with Crippen LogP contribution < -0.4 is 11.0 Å². The van der Waals surface area contributed by atoms with Crippen LogP contribution in [0.5, 0.6) is 0 Å². The van der Waals surface area contributed by atoms with Crippen molar-refractivity contribution >= 4 is 11.7 Å². The Morgan fingerprint density at radius 3 is 2.38 bits per heavy atom. The minimum Gasteiger partial charge on any atom is -0.394 e. The van der Waals surface area contributed by atoms with Gasteiger partial charge in [-0.1, -0.05) is 26.7 Å². The van der Waals surface area contributed by atoms with Crippen LogP contribution in [0.4, 0.5) is 5.82 Å². The number of hydrogen-bond acceptors (Lipinski definition) is 8. The fraction of sp³-hybridized carbons (Fsp3) is 0.750. The van der Waals surface area contributed by atoms with Crippen molar-refractivity contribution in [2.24, 2.45) is 5.92 Å². The first-order valence-corrected chi connectivity index (χ1v) is 8.66. The van der Waals surface area contributed by atoms with E-state index in [0.717, 1.165) is 31.9 Å². The minimum absolute atomic E-state index is 0.0272. The molecule has 1 amide bonds. The van der Waals surface area contributed by atoms with E-state index in [0.29, 0.717) is 4.68 Å². The third kappa shape index (κ3) is 5.84. The van der Waals surface area contributed by atoms with Crippen LogP contribution in [0.15, 0.2) is 11.0 Å². The molecule has 1 rings (SSSR count). The molecule has 0 radical (unpaired) electrons. The Morgan fingerprint density at radius 2 is 1.92 bits per heavy atom. The number of anilines is 1. The lowest BCUT2D eigenvalue weighted by Gasteiger charge is -2.24. The number of nitrogens with one attached hydrogen (secondary N) is 1. The number of nitrogens with zero attached hydrogens (tertiary/aromatic N) is 3. The molecule has 1 heterocycles. The standard InChI is InChI=1S/C16H28N4O6/c1-4-6-10(7-5-2)14(23)18-12-8-17-20(16(25)19-12)15(24)13(22)11(9-21)26-3/h8,10-11,13,15,21-22,24H,4-7,9H2,1-3H3,(H,18,19,23,25). The Balaban J connectivity index is 2.89. The molecule has 1 aromatic rings. The van der Waals surface area contributed by atoms with Gasteiger partial charge in [-0.3, -0.25) is 4.79 Å². The molecule has 0 aromatic carbocycles. The van der Waals surface area contributed by atoms with Gasteiger partial charge < -0.3 is 25.4 Å².